The van der Waals surface area contributed by atoms with Gasteiger partial charge in [-0.2, -0.15) is 0 Å². The molecule has 2 aliphatic rings. The Labute approximate surface area is 93.4 Å². The van der Waals surface area contributed by atoms with Crippen molar-refractivity contribution in [3.05, 3.63) is 0 Å². The predicted molar refractivity (Wildman–Crippen MR) is 61.6 cm³/mol. The molecule has 0 amide bonds. The van der Waals surface area contributed by atoms with Crippen LogP contribution in [-0.2, 0) is 0 Å². The highest BCUT2D eigenvalue weighted by Crippen LogP contribution is 2.24. The normalized spacial score (nSPS) is 28.2. The van der Waals surface area contributed by atoms with Crippen molar-refractivity contribution in [2.24, 2.45) is 4.99 Å². The number of hydrogen-bond acceptors (Lipinski definition) is 4. The van der Waals surface area contributed by atoms with Gasteiger partial charge >= 0.3 is 0 Å². The Kier molecular flexibility index (Phi) is 4.55. The van der Waals surface area contributed by atoms with Gasteiger partial charge in [-0.05, 0) is 19.3 Å². The van der Waals surface area contributed by atoms with E-state index in [0.29, 0.717) is 0 Å². The van der Waals surface area contributed by atoms with Gasteiger partial charge in [-0.15, -0.1) is 17.0 Å². The van der Waals surface area contributed by atoms with Gasteiger partial charge in [-0.3, -0.25) is 4.99 Å². The lowest BCUT2D eigenvalue weighted by Gasteiger charge is -2.23. The second kappa shape index (κ2) is 5.22. The molecule has 1 fully saturated rings. The molecule has 0 radical (unpaired) electrons. The summed E-state index contributed by atoms with van der Waals surface area (Å²) < 4.78 is 0. The molecule has 0 bridgehead atoms. The SMILES string of the molecule is Br.OC1CSC2=NCCCCCN21. The molecule has 76 valence electrons. The summed E-state index contributed by atoms with van der Waals surface area (Å²) >= 11 is 1.68. The first-order valence-corrected chi connectivity index (χ1v) is 5.48. The van der Waals surface area contributed by atoms with Gasteiger partial charge in [0.25, 0.3) is 0 Å². The summed E-state index contributed by atoms with van der Waals surface area (Å²) in [6.45, 7) is 1.92. The summed E-state index contributed by atoms with van der Waals surface area (Å²) in [6, 6.07) is 0. The van der Waals surface area contributed by atoms with Gasteiger partial charge in [0.2, 0.25) is 0 Å². The third-order valence-corrected chi connectivity index (χ3v) is 3.36. The topological polar surface area (TPSA) is 35.8 Å². The van der Waals surface area contributed by atoms with Crippen molar-refractivity contribution in [2.75, 3.05) is 18.8 Å². The fourth-order valence-electron chi connectivity index (χ4n) is 1.58. The second-order valence-corrected chi connectivity index (χ2v) is 4.20. The summed E-state index contributed by atoms with van der Waals surface area (Å²) in [5, 5.41) is 10.6. The number of aliphatic imine (C=N–C) groups is 1. The van der Waals surface area contributed by atoms with Crippen LogP contribution in [0.5, 0.6) is 0 Å². The average Bonchev–Trinajstić information content (AvgIpc) is 2.31. The van der Waals surface area contributed by atoms with Gasteiger partial charge in [0.05, 0.1) is 0 Å². The highest BCUT2D eigenvalue weighted by molar-refractivity contribution is 8.93. The predicted octanol–water partition coefficient (Wildman–Crippen LogP) is 1.47. The van der Waals surface area contributed by atoms with E-state index in [1.165, 1.54) is 19.3 Å². The molecule has 1 unspecified atom stereocenters. The van der Waals surface area contributed by atoms with E-state index in [4.69, 9.17) is 0 Å². The van der Waals surface area contributed by atoms with Gasteiger partial charge in [0.15, 0.2) is 5.17 Å². The van der Waals surface area contributed by atoms with Crippen LogP contribution in [0.25, 0.3) is 0 Å². The van der Waals surface area contributed by atoms with Crippen LogP contribution in [0.3, 0.4) is 0 Å². The number of rotatable bonds is 0. The maximum Gasteiger partial charge on any atom is 0.161 e. The quantitative estimate of drug-likeness (QED) is 0.722. The first-order valence-electron chi connectivity index (χ1n) is 4.50. The molecule has 13 heavy (non-hydrogen) atoms. The maximum absolute atomic E-state index is 9.57. The number of aliphatic hydroxyl groups is 1. The first kappa shape index (κ1) is 11.3. The molecule has 2 heterocycles. The monoisotopic (exact) mass is 266 g/mol. The van der Waals surface area contributed by atoms with Crippen LogP contribution >= 0.6 is 28.7 Å². The Morgan fingerprint density at radius 3 is 3.08 bits per heavy atom. The smallest absolute Gasteiger partial charge is 0.161 e. The molecule has 0 aromatic carbocycles. The summed E-state index contributed by atoms with van der Waals surface area (Å²) in [4.78, 5) is 6.47. The molecule has 1 saturated heterocycles. The van der Waals surface area contributed by atoms with Gasteiger partial charge in [0, 0.05) is 18.8 Å². The van der Waals surface area contributed by atoms with Crippen LogP contribution in [0.1, 0.15) is 19.3 Å². The molecule has 0 spiro atoms. The third-order valence-electron chi connectivity index (χ3n) is 2.27. The van der Waals surface area contributed by atoms with E-state index >= 15 is 0 Å². The van der Waals surface area contributed by atoms with Crippen LogP contribution in [0, 0.1) is 0 Å². The van der Waals surface area contributed by atoms with Crippen LogP contribution < -0.4 is 0 Å². The van der Waals surface area contributed by atoms with Crippen molar-refractivity contribution < 1.29 is 5.11 Å². The van der Waals surface area contributed by atoms with Crippen molar-refractivity contribution in [2.45, 2.75) is 25.5 Å². The zero-order valence-electron chi connectivity index (χ0n) is 7.48. The summed E-state index contributed by atoms with van der Waals surface area (Å²) in [5.41, 5.74) is 0. The third kappa shape index (κ3) is 2.60. The van der Waals surface area contributed by atoms with E-state index < -0.39 is 0 Å². The molecule has 0 aromatic rings. The lowest BCUT2D eigenvalue weighted by molar-refractivity contribution is 0.0805. The molecule has 3 nitrogen and oxygen atoms in total. The summed E-state index contributed by atoms with van der Waals surface area (Å²) in [6.07, 6.45) is 3.35. The summed E-state index contributed by atoms with van der Waals surface area (Å²) in [7, 11) is 0. The zero-order valence-corrected chi connectivity index (χ0v) is 10.0. The number of hydrogen-bond donors (Lipinski definition) is 1. The highest BCUT2D eigenvalue weighted by Gasteiger charge is 2.27. The highest BCUT2D eigenvalue weighted by atomic mass is 79.9. The van der Waals surface area contributed by atoms with Crippen molar-refractivity contribution >= 4 is 33.9 Å². The number of amidine groups is 1. The molecular weight excluding hydrogens is 252 g/mol. The maximum atomic E-state index is 9.57. The molecular formula is C8H15BrN2OS. The minimum atomic E-state index is -0.285. The second-order valence-electron chi connectivity index (χ2n) is 3.21. The van der Waals surface area contributed by atoms with Crippen molar-refractivity contribution in [3.8, 4) is 0 Å². The van der Waals surface area contributed by atoms with E-state index in [0.717, 1.165) is 24.0 Å². The first-order chi connectivity index (χ1) is 5.88. The van der Waals surface area contributed by atoms with E-state index in [1.54, 1.807) is 11.8 Å². The van der Waals surface area contributed by atoms with Crippen LogP contribution in [-0.4, -0.2) is 40.2 Å². The van der Waals surface area contributed by atoms with Gasteiger partial charge in [-0.1, -0.05) is 11.8 Å². The number of fused-ring (bicyclic) bond motifs is 1. The lowest BCUT2D eigenvalue weighted by atomic mass is 10.2. The van der Waals surface area contributed by atoms with Gasteiger partial charge < -0.3 is 10.0 Å². The lowest BCUT2D eigenvalue weighted by Crippen LogP contribution is -2.35. The Morgan fingerprint density at radius 2 is 2.23 bits per heavy atom. The van der Waals surface area contributed by atoms with E-state index in [-0.39, 0.29) is 23.2 Å². The Hall–Kier alpha value is 0.260. The van der Waals surface area contributed by atoms with E-state index in [1.807, 2.05) is 4.90 Å². The summed E-state index contributed by atoms with van der Waals surface area (Å²) in [5.74, 6) is 0.791. The fraction of sp³-hybridized carbons (Fsp3) is 0.875. The van der Waals surface area contributed by atoms with Gasteiger partial charge in [0.1, 0.15) is 6.23 Å². The Bertz CT molecular complexity index is 201. The number of aliphatic hydroxyl groups excluding tert-OH is 1. The number of thioether (sulfide) groups is 1. The minimum Gasteiger partial charge on any atom is -0.373 e. The van der Waals surface area contributed by atoms with Crippen molar-refractivity contribution in [3.63, 3.8) is 0 Å². The molecule has 0 saturated carbocycles. The zero-order chi connectivity index (χ0) is 8.39. The molecule has 0 aromatic heterocycles. The average molecular weight is 267 g/mol. The molecule has 0 aliphatic carbocycles. The fourth-order valence-corrected chi connectivity index (χ4v) is 2.62. The van der Waals surface area contributed by atoms with Gasteiger partial charge in [-0.25, -0.2) is 0 Å². The number of halogens is 1. The van der Waals surface area contributed by atoms with E-state index in [9.17, 15) is 5.11 Å². The molecule has 2 rings (SSSR count). The van der Waals surface area contributed by atoms with E-state index in [2.05, 4.69) is 4.99 Å². The standard InChI is InChI=1S/C8H14N2OS.BrH/c11-7-6-12-8-9-4-2-1-3-5-10(7)8;/h7,11H,1-6H2;1H. The van der Waals surface area contributed by atoms with Crippen LogP contribution in [0.4, 0.5) is 0 Å². The largest absolute Gasteiger partial charge is 0.373 e. The van der Waals surface area contributed by atoms with Crippen molar-refractivity contribution in [1.29, 1.82) is 0 Å². The number of nitrogens with zero attached hydrogens (tertiary/aromatic N) is 2. The minimum absolute atomic E-state index is 0. The Morgan fingerprint density at radius 1 is 1.38 bits per heavy atom. The van der Waals surface area contributed by atoms with Crippen molar-refractivity contribution in [1.82, 2.24) is 4.90 Å². The molecule has 2 aliphatic heterocycles. The molecule has 5 heteroatoms. The molecule has 1 atom stereocenters. The molecule has 1 N–H and O–H groups in total. The van der Waals surface area contributed by atoms with Crippen LogP contribution in [0.15, 0.2) is 4.99 Å². The van der Waals surface area contributed by atoms with Crippen LogP contribution in [0.2, 0.25) is 0 Å². The Balaban J connectivity index is 0.000000845.